The Labute approximate surface area is 473 Å². The fourth-order valence-corrected chi connectivity index (χ4v) is 7.00. The number of nitrogens with zero attached hydrogens (tertiary/aromatic N) is 6. The summed E-state index contributed by atoms with van der Waals surface area (Å²) in [5.41, 5.74) is 5.39. The predicted octanol–water partition coefficient (Wildman–Crippen LogP) is 8.20. The molecule has 0 unspecified atom stereocenters. The summed E-state index contributed by atoms with van der Waals surface area (Å²) in [4.78, 5) is 58.0. The van der Waals surface area contributed by atoms with Crippen LogP contribution in [0.15, 0.2) is 110 Å². The van der Waals surface area contributed by atoms with E-state index in [1.165, 1.54) is 24.3 Å². The van der Waals surface area contributed by atoms with Gasteiger partial charge in [0.15, 0.2) is 5.15 Å². The van der Waals surface area contributed by atoms with Gasteiger partial charge in [0.2, 0.25) is 0 Å². The first kappa shape index (κ1) is 59.4. The number of hydrogen-bond donors (Lipinski definition) is 4. The Morgan fingerprint density at radius 1 is 0.608 bits per heavy atom. The summed E-state index contributed by atoms with van der Waals surface area (Å²) < 4.78 is 71.7. The van der Waals surface area contributed by atoms with Crippen molar-refractivity contribution in [2.24, 2.45) is 0 Å². The third kappa shape index (κ3) is 19.3. The van der Waals surface area contributed by atoms with E-state index in [0.29, 0.717) is 68.9 Å². The normalized spacial score (nSPS) is 11.5. The monoisotopic (exact) mass is 1060 g/mol. The first-order valence-corrected chi connectivity index (χ1v) is 23.8. The SMILES string of the molecule is CC(C)(C)OC[B-](F)(F)F.CC(C)(C)OCc1nc2ccc(C(=O)NCCCc3ncc[nH]3)cc2nc1-c1ccc(F)cc1.O=C(NCCCc1ncc[nH]1)c1ccc2nc(Cl)c(-c3ccc(F)cc3)nc2c1.[K+]. The van der Waals surface area contributed by atoms with Crippen molar-refractivity contribution in [2.75, 3.05) is 19.6 Å². The number of aromatic amines is 2. The molecule has 0 saturated heterocycles. The Morgan fingerprint density at radius 3 is 1.47 bits per heavy atom. The van der Waals surface area contributed by atoms with Gasteiger partial charge >= 0.3 is 58.4 Å². The second-order valence-electron chi connectivity index (χ2n) is 18.6. The van der Waals surface area contributed by atoms with Crippen LogP contribution in [0, 0.1) is 11.6 Å². The summed E-state index contributed by atoms with van der Waals surface area (Å²) in [6.07, 6.45) is 10.0. The molecule has 14 nitrogen and oxygen atoms in total. The van der Waals surface area contributed by atoms with E-state index in [1.807, 2.05) is 20.8 Å². The van der Waals surface area contributed by atoms with Crippen molar-refractivity contribution in [3.05, 3.63) is 155 Å². The summed E-state index contributed by atoms with van der Waals surface area (Å²) in [7, 11) is 0. The molecule has 0 saturated carbocycles. The van der Waals surface area contributed by atoms with Crippen molar-refractivity contribution in [1.82, 2.24) is 50.5 Å². The number of amides is 2. The van der Waals surface area contributed by atoms with E-state index in [0.717, 1.165) is 42.9 Å². The third-order valence-corrected chi connectivity index (χ3v) is 10.6. The number of benzene rings is 4. The van der Waals surface area contributed by atoms with Crippen molar-refractivity contribution in [3.63, 3.8) is 0 Å². The van der Waals surface area contributed by atoms with Gasteiger partial charge in [-0.3, -0.25) is 9.59 Å². The molecule has 4 aromatic heterocycles. The standard InChI is InChI=1S/C26H28FN5O2.C21H17ClFN5O.C5H11BF3O.K/c1-26(2,3)34-16-22-24(17-6-9-19(27)10-7-17)32-21-15-18(8-11-20(21)31-22)25(33)30-12-4-5-23-28-13-14-29-23;22-20-19(13-3-6-15(23)7-4-13)27-17-12-14(5-8-16(17)28-20)21(29)26-9-1-2-18-24-10-11-25-18;1-5(2,3)10-4-6(7,8)9;/h6-11,13-15H,4-5,12,16H2,1-3H3,(H,28,29)(H,30,33);3-8,10-12H,1-2,9H2,(H,24,25)(H,26,29);4H2,1-3H3;/q;;-1;+1. The third-order valence-electron chi connectivity index (χ3n) is 10.3. The fraction of sp³-hybridized carbons (Fsp3) is 0.308. The van der Waals surface area contributed by atoms with E-state index in [9.17, 15) is 31.3 Å². The molecule has 0 spiro atoms. The number of hydrogen-bond acceptors (Lipinski definition) is 10. The molecule has 22 heteroatoms. The van der Waals surface area contributed by atoms with Crippen LogP contribution in [0.2, 0.25) is 5.15 Å². The zero-order valence-electron chi connectivity index (χ0n) is 42.2. The molecule has 384 valence electrons. The molecule has 0 aliphatic carbocycles. The van der Waals surface area contributed by atoms with E-state index < -0.39 is 19.1 Å². The average Bonchev–Trinajstić information content (AvgIpc) is 4.08. The number of nitrogens with one attached hydrogen (secondary N) is 4. The van der Waals surface area contributed by atoms with Crippen molar-refractivity contribution in [3.8, 4) is 22.5 Å². The summed E-state index contributed by atoms with van der Waals surface area (Å²) in [6, 6.07) is 22.3. The quantitative estimate of drug-likeness (QED) is 0.0418. The van der Waals surface area contributed by atoms with Crippen LogP contribution in [0.3, 0.4) is 0 Å². The van der Waals surface area contributed by atoms with Crippen LogP contribution in [0.25, 0.3) is 44.6 Å². The number of aromatic nitrogens is 8. The van der Waals surface area contributed by atoms with Crippen LogP contribution < -0.4 is 62.0 Å². The number of ether oxygens (including phenoxy) is 2. The topological polar surface area (TPSA) is 186 Å². The molecule has 4 aromatic carbocycles. The number of carbonyl (C=O) groups excluding carboxylic acids is 2. The second-order valence-corrected chi connectivity index (χ2v) is 19.0. The van der Waals surface area contributed by atoms with Gasteiger partial charge in [-0.1, -0.05) is 11.6 Å². The maximum atomic E-state index is 13.5. The van der Waals surface area contributed by atoms with Gasteiger partial charge in [-0.2, -0.15) is 0 Å². The minimum atomic E-state index is -4.79. The van der Waals surface area contributed by atoms with E-state index in [4.69, 9.17) is 26.3 Å². The van der Waals surface area contributed by atoms with Crippen LogP contribution >= 0.6 is 11.6 Å². The van der Waals surface area contributed by atoms with Crippen LogP contribution in [0.4, 0.5) is 21.7 Å². The van der Waals surface area contributed by atoms with E-state index in [-0.39, 0.29) is 92.2 Å². The second kappa shape index (κ2) is 27.3. The first-order valence-electron chi connectivity index (χ1n) is 23.4. The Kier molecular flexibility index (Phi) is 21.9. The Hall–Kier alpha value is -5.52. The van der Waals surface area contributed by atoms with Gasteiger partial charge in [-0.05, 0) is 139 Å². The maximum Gasteiger partial charge on any atom is 1.00 e. The summed E-state index contributed by atoms with van der Waals surface area (Å²) in [5, 5.41) is 6.05. The molecular weight excluding hydrogens is 1010 g/mol. The molecule has 8 aromatic rings. The number of carbonyl (C=O) groups is 2. The molecule has 2 amide bonds. The molecular formula is C52H56BClF5KN10O4. The number of aryl methyl sites for hydroxylation is 2. The minimum absolute atomic E-state index is 0. The molecule has 8 rings (SSSR count). The zero-order chi connectivity index (χ0) is 52.8. The molecule has 0 aliphatic heterocycles. The van der Waals surface area contributed by atoms with Gasteiger partial charge in [0.05, 0.1) is 51.3 Å². The molecule has 0 aliphatic rings. The molecule has 4 N–H and O–H groups in total. The molecule has 4 heterocycles. The Balaban J connectivity index is 0.000000231. The zero-order valence-corrected chi connectivity index (χ0v) is 46.1. The average molecular weight is 1070 g/mol. The Bertz CT molecular complexity index is 3050. The van der Waals surface area contributed by atoms with E-state index in [2.05, 4.69) is 45.3 Å². The number of halogens is 6. The summed E-state index contributed by atoms with van der Waals surface area (Å²) >= 11 is 6.25. The van der Waals surface area contributed by atoms with Crippen molar-refractivity contribution in [1.29, 1.82) is 0 Å². The largest absolute Gasteiger partial charge is 1.00 e. The maximum absolute atomic E-state index is 13.5. The number of rotatable bonds is 16. The predicted molar refractivity (Wildman–Crippen MR) is 273 cm³/mol. The van der Waals surface area contributed by atoms with Crippen molar-refractivity contribution < 1.29 is 92.2 Å². The van der Waals surface area contributed by atoms with Gasteiger partial charge in [-0.15, -0.1) is 0 Å². The van der Waals surface area contributed by atoms with Gasteiger partial charge < -0.3 is 43.0 Å². The van der Waals surface area contributed by atoms with Crippen molar-refractivity contribution in [2.45, 2.75) is 85.0 Å². The number of fused-ring (bicyclic) bond motifs is 2. The van der Waals surface area contributed by atoms with E-state index >= 15 is 0 Å². The summed E-state index contributed by atoms with van der Waals surface area (Å²) in [6.45, 7) is 6.12. The fourth-order valence-electron chi connectivity index (χ4n) is 6.76. The van der Waals surface area contributed by atoms with Crippen molar-refractivity contribution >= 4 is 52.5 Å². The molecule has 0 fully saturated rings. The summed E-state index contributed by atoms with van der Waals surface area (Å²) in [5.74, 6) is 0.763. The van der Waals surface area contributed by atoms with Crippen LogP contribution in [0.5, 0.6) is 0 Å². The first-order chi connectivity index (χ1) is 34.6. The van der Waals surface area contributed by atoms with Crippen LogP contribution in [0.1, 0.15) is 92.4 Å². The van der Waals surface area contributed by atoms with Gasteiger partial charge in [0, 0.05) is 79.5 Å². The Morgan fingerprint density at radius 2 is 1.05 bits per heavy atom. The number of imidazole rings is 2. The van der Waals surface area contributed by atoms with Crippen LogP contribution in [-0.2, 0) is 28.9 Å². The van der Waals surface area contributed by atoms with Crippen LogP contribution in [-0.4, -0.2) is 89.5 Å². The van der Waals surface area contributed by atoms with Gasteiger partial charge in [0.1, 0.15) is 29.0 Å². The smallest absolute Gasteiger partial charge is 0.447 e. The number of H-pyrrole nitrogens is 2. The molecule has 0 radical (unpaired) electrons. The van der Waals surface area contributed by atoms with Gasteiger partial charge in [-0.25, -0.2) is 38.7 Å². The molecule has 74 heavy (non-hydrogen) atoms. The van der Waals surface area contributed by atoms with Gasteiger partial charge in [0.25, 0.3) is 11.8 Å². The minimum Gasteiger partial charge on any atom is -0.447 e. The molecule has 0 atom stereocenters. The van der Waals surface area contributed by atoms with E-state index in [1.54, 1.807) is 106 Å². The molecule has 0 bridgehead atoms.